The number of nitrogens with zero attached hydrogens (tertiary/aromatic N) is 2. The summed E-state index contributed by atoms with van der Waals surface area (Å²) in [5, 5.41) is 5.06. The number of anilines is 1. The van der Waals surface area contributed by atoms with Crippen LogP contribution in [-0.2, 0) is 6.42 Å². The number of rotatable bonds is 6. The highest BCUT2D eigenvalue weighted by Gasteiger charge is 2.11. The highest BCUT2D eigenvalue weighted by atomic mass is 35.5. The van der Waals surface area contributed by atoms with Gasteiger partial charge in [0.2, 0.25) is 0 Å². The van der Waals surface area contributed by atoms with Crippen LogP contribution in [0.25, 0.3) is 0 Å². The standard InChI is InChI=1S/C16H20ClN3S/c1-4-7-14-19-15(18-5-2)11(3)16(20-14)21-13-9-6-8-12(17)10-13/h6,8-10H,4-5,7H2,1-3H3,(H,18,19,20). The Morgan fingerprint density at radius 2 is 2.05 bits per heavy atom. The summed E-state index contributed by atoms with van der Waals surface area (Å²) in [4.78, 5) is 10.4. The molecule has 112 valence electrons. The lowest BCUT2D eigenvalue weighted by molar-refractivity contribution is 0.802. The van der Waals surface area contributed by atoms with Gasteiger partial charge in [0.15, 0.2) is 0 Å². The van der Waals surface area contributed by atoms with Crippen LogP contribution in [0.2, 0.25) is 5.02 Å². The molecule has 0 aliphatic carbocycles. The second kappa shape index (κ2) is 7.66. The normalized spacial score (nSPS) is 10.7. The Kier molecular flexibility index (Phi) is 5.88. The summed E-state index contributed by atoms with van der Waals surface area (Å²) < 4.78 is 0. The van der Waals surface area contributed by atoms with E-state index in [1.807, 2.05) is 24.3 Å². The van der Waals surface area contributed by atoms with E-state index in [1.54, 1.807) is 11.8 Å². The molecule has 0 atom stereocenters. The average molecular weight is 322 g/mol. The minimum atomic E-state index is 0.743. The summed E-state index contributed by atoms with van der Waals surface area (Å²) in [6.45, 7) is 7.12. The van der Waals surface area contributed by atoms with Gasteiger partial charge in [-0.25, -0.2) is 9.97 Å². The number of nitrogens with one attached hydrogen (secondary N) is 1. The monoisotopic (exact) mass is 321 g/mol. The van der Waals surface area contributed by atoms with E-state index in [1.165, 1.54) is 0 Å². The van der Waals surface area contributed by atoms with Gasteiger partial charge in [-0.2, -0.15) is 0 Å². The third-order valence-corrected chi connectivity index (χ3v) is 4.29. The second-order valence-corrected chi connectivity index (χ2v) is 6.26. The molecule has 0 amide bonds. The highest BCUT2D eigenvalue weighted by Crippen LogP contribution is 2.32. The lowest BCUT2D eigenvalue weighted by Crippen LogP contribution is -2.07. The van der Waals surface area contributed by atoms with Crippen LogP contribution < -0.4 is 5.32 Å². The molecule has 5 heteroatoms. The summed E-state index contributed by atoms with van der Waals surface area (Å²) in [5.41, 5.74) is 1.08. The van der Waals surface area contributed by atoms with Crippen LogP contribution in [-0.4, -0.2) is 16.5 Å². The lowest BCUT2D eigenvalue weighted by atomic mass is 10.3. The van der Waals surface area contributed by atoms with E-state index in [2.05, 4.69) is 31.1 Å². The van der Waals surface area contributed by atoms with Gasteiger partial charge in [0.1, 0.15) is 16.7 Å². The Morgan fingerprint density at radius 1 is 1.24 bits per heavy atom. The van der Waals surface area contributed by atoms with Crippen molar-refractivity contribution >= 4 is 29.2 Å². The van der Waals surface area contributed by atoms with Crippen molar-refractivity contribution in [2.45, 2.75) is 43.5 Å². The van der Waals surface area contributed by atoms with Gasteiger partial charge < -0.3 is 5.32 Å². The number of aryl methyl sites for hydroxylation is 1. The molecule has 21 heavy (non-hydrogen) atoms. The zero-order chi connectivity index (χ0) is 15.2. The molecule has 0 unspecified atom stereocenters. The van der Waals surface area contributed by atoms with Crippen LogP contribution in [0.1, 0.15) is 31.7 Å². The summed E-state index contributed by atoms with van der Waals surface area (Å²) in [7, 11) is 0. The first-order valence-corrected chi connectivity index (χ1v) is 8.38. The van der Waals surface area contributed by atoms with Gasteiger partial charge in [-0.3, -0.25) is 0 Å². The predicted octanol–water partition coefficient (Wildman–Crippen LogP) is 4.97. The van der Waals surface area contributed by atoms with E-state index in [9.17, 15) is 0 Å². The van der Waals surface area contributed by atoms with Crippen molar-refractivity contribution in [3.8, 4) is 0 Å². The first kappa shape index (κ1) is 16.1. The smallest absolute Gasteiger partial charge is 0.133 e. The maximum Gasteiger partial charge on any atom is 0.133 e. The second-order valence-electron chi connectivity index (χ2n) is 4.76. The molecule has 0 radical (unpaired) electrons. The molecule has 1 aromatic carbocycles. The van der Waals surface area contributed by atoms with Crippen molar-refractivity contribution in [2.75, 3.05) is 11.9 Å². The fourth-order valence-electron chi connectivity index (χ4n) is 1.96. The minimum Gasteiger partial charge on any atom is -0.370 e. The van der Waals surface area contributed by atoms with Crippen molar-refractivity contribution in [2.24, 2.45) is 0 Å². The van der Waals surface area contributed by atoms with Crippen LogP contribution in [0.3, 0.4) is 0 Å². The van der Waals surface area contributed by atoms with E-state index < -0.39 is 0 Å². The molecule has 0 bridgehead atoms. The van der Waals surface area contributed by atoms with Gasteiger partial charge in [-0.1, -0.05) is 36.4 Å². The first-order chi connectivity index (χ1) is 10.1. The third kappa shape index (κ3) is 4.35. The number of halogens is 1. The molecule has 0 saturated carbocycles. The Balaban J connectivity index is 2.36. The first-order valence-electron chi connectivity index (χ1n) is 7.18. The van der Waals surface area contributed by atoms with Gasteiger partial charge in [-0.15, -0.1) is 0 Å². The zero-order valence-corrected chi connectivity index (χ0v) is 14.2. The molecule has 0 fully saturated rings. The third-order valence-electron chi connectivity index (χ3n) is 2.98. The molecule has 1 N–H and O–H groups in total. The van der Waals surface area contributed by atoms with Crippen LogP contribution in [0.4, 0.5) is 5.82 Å². The summed E-state index contributed by atoms with van der Waals surface area (Å²) in [6.07, 6.45) is 1.93. The predicted molar refractivity (Wildman–Crippen MR) is 90.5 cm³/mol. The van der Waals surface area contributed by atoms with E-state index in [4.69, 9.17) is 16.6 Å². The number of benzene rings is 1. The van der Waals surface area contributed by atoms with Crippen molar-refractivity contribution in [1.82, 2.24) is 9.97 Å². The molecular formula is C16H20ClN3S. The van der Waals surface area contributed by atoms with E-state index in [-0.39, 0.29) is 0 Å². The van der Waals surface area contributed by atoms with Crippen molar-refractivity contribution in [3.05, 3.63) is 40.7 Å². The highest BCUT2D eigenvalue weighted by molar-refractivity contribution is 7.99. The Morgan fingerprint density at radius 3 is 2.71 bits per heavy atom. The maximum absolute atomic E-state index is 6.05. The quantitative estimate of drug-likeness (QED) is 0.762. The van der Waals surface area contributed by atoms with Crippen LogP contribution in [0.5, 0.6) is 0 Å². The van der Waals surface area contributed by atoms with Crippen LogP contribution in [0.15, 0.2) is 34.2 Å². The molecule has 2 aromatic rings. The fraction of sp³-hybridized carbons (Fsp3) is 0.375. The largest absolute Gasteiger partial charge is 0.370 e. The maximum atomic E-state index is 6.05. The number of aromatic nitrogens is 2. The molecule has 1 aromatic heterocycles. The van der Waals surface area contributed by atoms with Crippen molar-refractivity contribution in [1.29, 1.82) is 0 Å². The van der Waals surface area contributed by atoms with Crippen LogP contribution in [0, 0.1) is 6.92 Å². The fourth-order valence-corrected chi connectivity index (χ4v) is 3.17. The number of hydrogen-bond acceptors (Lipinski definition) is 4. The van der Waals surface area contributed by atoms with Gasteiger partial charge in [0.05, 0.1) is 0 Å². The molecule has 2 rings (SSSR count). The van der Waals surface area contributed by atoms with Crippen molar-refractivity contribution < 1.29 is 0 Å². The number of hydrogen-bond donors (Lipinski definition) is 1. The molecule has 3 nitrogen and oxygen atoms in total. The van der Waals surface area contributed by atoms with E-state index in [0.29, 0.717) is 0 Å². The zero-order valence-electron chi connectivity index (χ0n) is 12.6. The summed E-state index contributed by atoms with van der Waals surface area (Å²) in [5.74, 6) is 1.82. The Hall–Kier alpha value is -1.26. The molecule has 0 aliphatic rings. The Labute approximate surface area is 135 Å². The molecular weight excluding hydrogens is 302 g/mol. The summed E-state index contributed by atoms with van der Waals surface area (Å²) >= 11 is 7.69. The molecule has 0 aliphatic heterocycles. The van der Waals surface area contributed by atoms with Gasteiger partial charge in [0.25, 0.3) is 0 Å². The van der Waals surface area contributed by atoms with E-state index in [0.717, 1.165) is 51.5 Å². The summed E-state index contributed by atoms with van der Waals surface area (Å²) in [6, 6.07) is 7.84. The molecule has 0 saturated heterocycles. The van der Waals surface area contributed by atoms with Crippen molar-refractivity contribution in [3.63, 3.8) is 0 Å². The van der Waals surface area contributed by atoms with Crippen LogP contribution >= 0.6 is 23.4 Å². The molecule has 0 spiro atoms. The van der Waals surface area contributed by atoms with E-state index >= 15 is 0 Å². The average Bonchev–Trinajstić information content (AvgIpc) is 2.44. The lowest BCUT2D eigenvalue weighted by Gasteiger charge is -2.13. The molecule has 1 heterocycles. The Bertz CT molecular complexity index is 616. The topological polar surface area (TPSA) is 37.8 Å². The van der Waals surface area contributed by atoms with Gasteiger partial charge in [0, 0.05) is 28.4 Å². The van der Waals surface area contributed by atoms with Gasteiger partial charge in [-0.05, 0) is 38.5 Å². The minimum absolute atomic E-state index is 0.743. The SMILES string of the molecule is CCCc1nc(NCC)c(C)c(Sc2cccc(Cl)c2)n1. The van der Waals surface area contributed by atoms with Gasteiger partial charge >= 0.3 is 0 Å².